The lowest BCUT2D eigenvalue weighted by molar-refractivity contribution is 0.0696. The largest absolute Gasteiger partial charge is 0.478 e. The second kappa shape index (κ2) is 6.55. The van der Waals surface area contributed by atoms with Crippen molar-refractivity contribution in [3.63, 3.8) is 0 Å². The highest BCUT2D eigenvalue weighted by Gasteiger charge is 2.12. The summed E-state index contributed by atoms with van der Waals surface area (Å²) in [5.74, 6) is -0.0504. The van der Waals surface area contributed by atoms with E-state index < -0.39 is 5.97 Å². The second-order valence-electron chi connectivity index (χ2n) is 5.14. The van der Waals surface area contributed by atoms with Crippen LogP contribution in [0, 0.1) is 5.92 Å². The lowest BCUT2D eigenvalue weighted by Gasteiger charge is -2.21. The van der Waals surface area contributed by atoms with Gasteiger partial charge in [-0.05, 0) is 43.0 Å². The molecule has 0 aliphatic heterocycles. The van der Waals surface area contributed by atoms with Crippen LogP contribution in [0.2, 0.25) is 0 Å². The zero-order chi connectivity index (χ0) is 12.8. The van der Waals surface area contributed by atoms with Gasteiger partial charge in [-0.2, -0.15) is 0 Å². The summed E-state index contributed by atoms with van der Waals surface area (Å²) in [5, 5.41) is 12.4. The molecule has 0 radical (unpaired) electrons. The summed E-state index contributed by atoms with van der Waals surface area (Å²) >= 11 is 0. The van der Waals surface area contributed by atoms with Crippen LogP contribution < -0.4 is 5.32 Å². The van der Waals surface area contributed by atoms with Crippen molar-refractivity contribution in [1.29, 1.82) is 0 Å². The van der Waals surface area contributed by atoms with Gasteiger partial charge in [0.15, 0.2) is 0 Å². The van der Waals surface area contributed by atoms with Gasteiger partial charge in [0, 0.05) is 6.54 Å². The SMILES string of the molecule is O=C(O)c1cccc(CNCC2CCCCC2)c1. The third kappa shape index (κ3) is 3.84. The lowest BCUT2D eigenvalue weighted by Crippen LogP contribution is -2.24. The fourth-order valence-corrected chi connectivity index (χ4v) is 2.63. The quantitative estimate of drug-likeness (QED) is 0.840. The van der Waals surface area contributed by atoms with Crippen LogP contribution in [-0.4, -0.2) is 17.6 Å². The zero-order valence-electron chi connectivity index (χ0n) is 10.7. The van der Waals surface area contributed by atoms with E-state index in [2.05, 4.69) is 5.32 Å². The van der Waals surface area contributed by atoms with Crippen molar-refractivity contribution in [2.75, 3.05) is 6.54 Å². The highest BCUT2D eigenvalue weighted by molar-refractivity contribution is 5.87. The van der Waals surface area contributed by atoms with Gasteiger partial charge in [0.05, 0.1) is 5.56 Å². The second-order valence-corrected chi connectivity index (χ2v) is 5.14. The molecule has 0 atom stereocenters. The number of aromatic carboxylic acids is 1. The Morgan fingerprint density at radius 2 is 2.06 bits per heavy atom. The molecule has 0 aromatic heterocycles. The van der Waals surface area contributed by atoms with E-state index >= 15 is 0 Å². The highest BCUT2D eigenvalue weighted by Crippen LogP contribution is 2.22. The molecule has 0 heterocycles. The number of carbonyl (C=O) groups is 1. The minimum atomic E-state index is -0.857. The summed E-state index contributed by atoms with van der Waals surface area (Å²) in [6.07, 6.45) is 6.78. The first-order chi connectivity index (χ1) is 8.75. The van der Waals surface area contributed by atoms with Crippen molar-refractivity contribution in [2.45, 2.75) is 38.6 Å². The highest BCUT2D eigenvalue weighted by atomic mass is 16.4. The van der Waals surface area contributed by atoms with Crippen molar-refractivity contribution >= 4 is 5.97 Å². The van der Waals surface area contributed by atoms with E-state index in [1.807, 2.05) is 6.07 Å². The van der Waals surface area contributed by atoms with Crippen molar-refractivity contribution < 1.29 is 9.90 Å². The molecule has 2 N–H and O–H groups in total. The van der Waals surface area contributed by atoms with Crippen LogP contribution in [-0.2, 0) is 6.54 Å². The van der Waals surface area contributed by atoms with Gasteiger partial charge in [-0.25, -0.2) is 4.79 Å². The summed E-state index contributed by atoms with van der Waals surface area (Å²) in [6, 6.07) is 7.16. The summed E-state index contributed by atoms with van der Waals surface area (Å²) in [5.41, 5.74) is 1.41. The fourth-order valence-electron chi connectivity index (χ4n) is 2.63. The van der Waals surface area contributed by atoms with E-state index in [0.717, 1.165) is 24.6 Å². The van der Waals surface area contributed by atoms with Crippen LogP contribution in [0.15, 0.2) is 24.3 Å². The maximum absolute atomic E-state index is 10.9. The van der Waals surface area contributed by atoms with E-state index in [1.54, 1.807) is 18.2 Å². The first kappa shape index (κ1) is 13.1. The molecule has 98 valence electrons. The fraction of sp³-hybridized carbons (Fsp3) is 0.533. The molecular weight excluding hydrogens is 226 g/mol. The molecule has 1 fully saturated rings. The minimum Gasteiger partial charge on any atom is -0.478 e. The molecule has 2 rings (SSSR count). The number of benzene rings is 1. The Balaban J connectivity index is 1.78. The number of carboxylic acids is 1. The summed E-state index contributed by atoms with van der Waals surface area (Å²) in [6.45, 7) is 1.81. The van der Waals surface area contributed by atoms with Gasteiger partial charge >= 0.3 is 5.97 Å². The van der Waals surface area contributed by atoms with Gasteiger partial charge < -0.3 is 10.4 Å². The van der Waals surface area contributed by atoms with E-state index in [-0.39, 0.29) is 0 Å². The van der Waals surface area contributed by atoms with Crippen molar-refractivity contribution in [2.24, 2.45) is 5.92 Å². The molecular formula is C15H21NO2. The third-order valence-electron chi connectivity index (χ3n) is 3.66. The first-order valence-corrected chi connectivity index (χ1v) is 6.78. The average molecular weight is 247 g/mol. The van der Waals surface area contributed by atoms with E-state index in [9.17, 15) is 4.79 Å². The molecule has 0 unspecified atom stereocenters. The Labute approximate surface area is 108 Å². The van der Waals surface area contributed by atoms with Crippen LogP contribution in [0.1, 0.15) is 48.0 Å². The Hall–Kier alpha value is -1.35. The number of carboxylic acid groups (broad SMARTS) is 1. The van der Waals surface area contributed by atoms with Gasteiger partial charge in [-0.3, -0.25) is 0 Å². The minimum absolute atomic E-state index is 0.368. The topological polar surface area (TPSA) is 49.3 Å². The van der Waals surface area contributed by atoms with Crippen LogP contribution in [0.25, 0.3) is 0 Å². The predicted octanol–water partition coefficient (Wildman–Crippen LogP) is 3.05. The molecule has 3 heteroatoms. The molecule has 1 aliphatic rings. The molecule has 3 nitrogen and oxygen atoms in total. The first-order valence-electron chi connectivity index (χ1n) is 6.78. The van der Waals surface area contributed by atoms with Crippen molar-refractivity contribution in [3.8, 4) is 0 Å². The number of hydrogen-bond acceptors (Lipinski definition) is 2. The molecule has 0 amide bonds. The lowest BCUT2D eigenvalue weighted by atomic mass is 9.89. The molecule has 0 spiro atoms. The zero-order valence-corrected chi connectivity index (χ0v) is 10.7. The van der Waals surface area contributed by atoms with Crippen LogP contribution in [0.5, 0.6) is 0 Å². The van der Waals surface area contributed by atoms with Crippen molar-refractivity contribution in [1.82, 2.24) is 5.32 Å². The molecule has 18 heavy (non-hydrogen) atoms. The van der Waals surface area contributed by atoms with Crippen LogP contribution in [0.3, 0.4) is 0 Å². The van der Waals surface area contributed by atoms with Gasteiger partial charge in [0.25, 0.3) is 0 Å². The molecule has 0 bridgehead atoms. The van der Waals surface area contributed by atoms with Gasteiger partial charge in [0.1, 0.15) is 0 Å². The predicted molar refractivity (Wildman–Crippen MR) is 71.7 cm³/mol. The van der Waals surface area contributed by atoms with E-state index in [0.29, 0.717) is 5.56 Å². The van der Waals surface area contributed by atoms with E-state index in [4.69, 9.17) is 5.11 Å². The Bertz CT molecular complexity index is 397. The van der Waals surface area contributed by atoms with Crippen molar-refractivity contribution in [3.05, 3.63) is 35.4 Å². The summed E-state index contributed by atoms with van der Waals surface area (Å²) in [7, 11) is 0. The maximum atomic E-state index is 10.9. The molecule has 1 aromatic carbocycles. The van der Waals surface area contributed by atoms with Gasteiger partial charge in [-0.1, -0.05) is 31.4 Å². The molecule has 1 saturated carbocycles. The monoisotopic (exact) mass is 247 g/mol. The third-order valence-corrected chi connectivity index (χ3v) is 3.66. The Morgan fingerprint density at radius 3 is 2.78 bits per heavy atom. The molecule has 1 aliphatic carbocycles. The number of hydrogen-bond donors (Lipinski definition) is 2. The smallest absolute Gasteiger partial charge is 0.335 e. The van der Waals surface area contributed by atoms with Crippen LogP contribution in [0.4, 0.5) is 0 Å². The summed E-state index contributed by atoms with van der Waals surface area (Å²) < 4.78 is 0. The molecule has 0 saturated heterocycles. The standard InChI is InChI=1S/C15H21NO2/c17-15(18)14-8-4-7-13(9-14)11-16-10-12-5-2-1-3-6-12/h4,7-9,12,16H,1-3,5-6,10-11H2,(H,17,18). The summed E-state index contributed by atoms with van der Waals surface area (Å²) in [4.78, 5) is 10.9. The normalized spacial score (nSPS) is 16.7. The number of rotatable bonds is 5. The van der Waals surface area contributed by atoms with Gasteiger partial charge in [0.2, 0.25) is 0 Å². The van der Waals surface area contributed by atoms with Crippen LogP contribution >= 0.6 is 0 Å². The van der Waals surface area contributed by atoms with E-state index in [1.165, 1.54) is 32.1 Å². The Kier molecular flexibility index (Phi) is 4.76. The maximum Gasteiger partial charge on any atom is 0.335 e. The average Bonchev–Trinajstić information content (AvgIpc) is 2.40. The molecule has 1 aromatic rings. The van der Waals surface area contributed by atoms with Gasteiger partial charge in [-0.15, -0.1) is 0 Å². The Morgan fingerprint density at radius 1 is 1.28 bits per heavy atom. The number of nitrogens with one attached hydrogen (secondary N) is 1.